The van der Waals surface area contributed by atoms with Crippen molar-refractivity contribution in [3.05, 3.63) is 33.0 Å². The molecule has 0 amide bonds. The van der Waals surface area contributed by atoms with E-state index in [1.807, 2.05) is 0 Å². The SMILES string of the molecule is Cc1cc(C(F)F)c(CO)c([N+](=O)[O-])n1. The highest BCUT2D eigenvalue weighted by Gasteiger charge is 2.24. The molecule has 82 valence electrons. The van der Waals surface area contributed by atoms with Gasteiger partial charge in [0.2, 0.25) is 0 Å². The van der Waals surface area contributed by atoms with Gasteiger partial charge in [0, 0.05) is 12.5 Å². The minimum Gasteiger partial charge on any atom is -0.391 e. The van der Waals surface area contributed by atoms with Crippen molar-refractivity contribution in [2.45, 2.75) is 20.0 Å². The number of nitrogens with zero attached hydrogens (tertiary/aromatic N) is 2. The van der Waals surface area contributed by atoms with Crippen molar-refractivity contribution in [1.29, 1.82) is 0 Å². The van der Waals surface area contributed by atoms with Gasteiger partial charge in [0.25, 0.3) is 6.43 Å². The lowest BCUT2D eigenvalue weighted by Crippen LogP contribution is -2.05. The molecule has 0 bridgehead atoms. The highest BCUT2D eigenvalue weighted by atomic mass is 19.3. The molecule has 1 N–H and O–H groups in total. The van der Waals surface area contributed by atoms with Crippen molar-refractivity contribution in [1.82, 2.24) is 4.98 Å². The lowest BCUT2D eigenvalue weighted by Gasteiger charge is -2.06. The van der Waals surface area contributed by atoms with Gasteiger partial charge in [0.1, 0.15) is 0 Å². The van der Waals surface area contributed by atoms with Gasteiger partial charge in [-0.3, -0.25) is 0 Å². The topological polar surface area (TPSA) is 76.3 Å². The number of pyridine rings is 1. The summed E-state index contributed by atoms with van der Waals surface area (Å²) in [6.45, 7) is 0.545. The molecule has 5 nitrogen and oxygen atoms in total. The molecule has 0 aromatic carbocycles. The zero-order valence-electron chi connectivity index (χ0n) is 7.78. The number of halogens is 2. The third-order valence-corrected chi connectivity index (χ3v) is 1.83. The number of hydrogen-bond donors (Lipinski definition) is 1. The van der Waals surface area contributed by atoms with Gasteiger partial charge in [-0.1, -0.05) is 0 Å². The molecule has 0 radical (unpaired) electrons. The monoisotopic (exact) mass is 218 g/mol. The average molecular weight is 218 g/mol. The van der Waals surface area contributed by atoms with E-state index in [1.165, 1.54) is 6.92 Å². The van der Waals surface area contributed by atoms with Gasteiger partial charge in [-0.2, -0.15) is 0 Å². The smallest absolute Gasteiger partial charge is 0.369 e. The number of aromatic nitrogens is 1. The number of rotatable bonds is 3. The summed E-state index contributed by atoms with van der Waals surface area (Å²) in [5.74, 6) is -0.715. The fourth-order valence-electron chi connectivity index (χ4n) is 1.22. The van der Waals surface area contributed by atoms with Crippen molar-refractivity contribution in [3.63, 3.8) is 0 Å². The average Bonchev–Trinajstić information content (AvgIpc) is 2.16. The predicted octanol–water partition coefficient (Wildman–Crippen LogP) is 1.73. The van der Waals surface area contributed by atoms with E-state index in [0.717, 1.165) is 6.07 Å². The first-order valence-electron chi connectivity index (χ1n) is 4.01. The van der Waals surface area contributed by atoms with Crippen LogP contribution in [0.5, 0.6) is 0 Å². The molecule has 1 rings (SSSR count). The van der Waals surface area contributed by atoms with Crippen molar-refractivity contribution < 1.29 is 18.8 Å². The van der Waals surface area contributed by atoms with Gasteiger partial charge in [-0.25, -0.2) is 8.78 Å². The van der Waals surface area contributed by atoms with Gasteiger partial charge in [-0.15, -0.1) is 0 Å². The zero-order valence-corrected chi connectivity index (χ0v) is 7.78. The van der Waals surface area contributed by atoms with Gasteiger partial charge >= 0.3 is 5.82 Å². The van der Waals surface area contributed by atoms with Gasteiger partial charge in [0.15, 0.2) is 5.69 Å². The molecular weight excluding hydrogens is 210 g/mol. The van der Waals surface area contributed by atoms with Crippen LogP contribution in [0, 0.1) is 17.0 Å². The minimum absolute atomic E-state index is 0.120. The summed E-state index contributed by atoms with van der Waals surface area (Å²) in [4.78, 5) is 13.1. The molecule has 0 atom stereocenters. The van der Waals surface area contributed by atoms with E-state index in [-0.39, 0.29) is 5.69 Å². The highest BCUT2D eigenvalue weighted by molar-refractivity contribution is 5.41. The maximum atomic E-state index is 12.5. The van der Waals surface area contributed by atoms with Crippen molar-refractivity contribution >= 4 is 5.82 Å². The molecule has 0 saturated heterocycles. The number of nitro groups is 1. The Morgan fingerprint density at radius 3 is 2.67 bits per heavy atom. The molecule has 0 saturated carbocycles. The third kappa shape index (κ3) is 2.24. The van der Waals surface area contributed by atoms with E-state index >= 15 is 0 Å². The molecular formula is C8H8F2N2O3. The standard InChI is InChI=1S/C8H8F2N2O3/c1-4-2-5(7(9)10)6(3-13)8(11-4)12(14)15/h2,7,13H,3H2,1H3. The predicted molar refractivity (Wildman–Crippen MR) is 46.5 cm³/mol. The van der Waals surface area contributed by atoms with Crippen LogP contribution in [0.15, 0.2) is 6.07 Å². The fraction of sp³-hybridized carbons (Fsp3) is 0.375. The lowest BCUT2D eigenvalue weighted by molar-refractivity contribution is -0.390. The van der Waals surface area contributed by atoms with Crippen LogP contribution in [-0.4, -0.2) is 15.0 Å². The van der Waals surface area contributed by atoms with Gasteiger partial charge in [-0.05, 0) is 16.0 Å². The van der Waals surface area contributed by atoms with Gasteiger partial charge in [0.05, 0.1) is 12.2 Å². The number of aryl methyl sites for hydroxylation is 1. The third-order valence-electron chi connectivity index (χ3n) is 1.83. The second kappa shape index (κ2) is 4.26. The molecule has 0 fully saturated rings. The van der Waals surface area contributed by atoms with Gasteiger partial charge < -0.3 is 15.2 Å². The second-order valence-corrected chi connectivity index (χ2v) is 2.87. The Balaban J connectivity index is 3.45. The largest absolute Gasteiger partial charge is 0.391 e. The first-order chi connectivity index (χ1) is 6.97. The van der Waals surface area contributed by atoms with Crippen LogP contribution in [0.4, 0.5) is 14.6 Å². The zero-order chi connectivity index (χ0) is 11.6. The Labute approximate surface area is 83.5 Å². The van der Waals surface area contributed by atoms with Crippen molar-refractivity contribution in [3.8, 4) is 0 Å². The van der Waals surface area contributed by atoms with E-state index in [1.54, 1.807) is 0 Å². The maximum absolute atomic E-state index is 12.5. The Hall–Kier alpha value is -1.63. The van der Waals surface area contributed by atoms with Crippen molar-refractivity contribution in [2.24, 2.45) is 0 Å². The number of aliphatic hydroxyl groups is 1. The Morgan fingerprint density at radius 1 is 1.67 bits per heavy atom. The molecule has 0 unspecified atom stereocenters. The van der Waals surface area contributed by atoms with Crippen LogP contribution in [0.3, 0.4) is 0 Å². The summed E-state index contributed by atoms with van der Waals surface area (Å²) in [5, 5.41) is 19.3. The van der Waals surface area contributed by atoms with Crippen LogP contribution < -0.4 is 0 Å². The quantitative estimate of drug-likeness (QED) is 0.619. The molecule has 0 aliphatic heterocycles. The Morgan fingerprint density at radius 2 is 2.27 bits per heavy atom. The van der Waals surface area contributed by atoms with Crippen LogP contribution in [0.1, 0.15) is 23.2 Å². The van der Waals surface area contributed by atoms with Crippen LogP contribution in [0.25, 0.3) is 0 Å². The molecule has 1 aromatic heterocycles. The summed E-state index contributed by atoms with van der Waals surface area (Å²) in [6, 6.07) is 1.03. The summed E-state index contributed by atoms with van der Waals surface area (Å²) in [7, 11) is 0. The van der Waals surface area contributed by atoms with Crippen LogP contribution in [-0.2, 0) is 6.61 Å². The number of alkyl halides is 2. The summed E-state index contributed by atoms with van der Waals surface area (Å²) < 4.78 is 25.0. The van der Waals surface area contributed by atoms with E-state index < -0.39 is 34.9 Å². The van der Waals surface area contributed by atoms with Crippen molar-refractivity contribution in [2.75, 3.05) is 0 Å². The first kappa shape index (κ1) is 11.4. The summed E-state index contributed by atoms with van der Waals surface area (Å²) in [6.07, 6.45) is -2.87. The minimum atomic E-state index is -2.87. The van der Waals surface area contributed by atoms with E-state index in [4.69, 9.17) is 5.11 Å². The summed E-state index contributed by atoms with van der Waals surface area (Å²) in [5.41, 5.74) is -0.855. The normalized spacial score (nSPS) is 10.7. The van der Waals surface area contributed by atoms with E-state index in [0.29, 0.717) is 0 Å². The fourth-order valence-corrected chi connectivity index (χ4v) is 1.22. The molecule has 1 heterocycles. The first-order valence-corrected chi connectivity index (χ1v) is 4.01. The highest BCUT2D eigenvalue weighted by Crippen LogP contribution is 2.29. The molecule has 1 aromatic rings. The molecule has 0 spiro atoms. The number of hydrogen-bond acceptors (Lipinski definition) is 4. The second-order valence-electron chi connectivity index (χ2n) is 2.87. The molecule has 15 heavy (non-hydrogen) atoms. The van der Waals surface area contributed by atoms with E-state index in [2.05, 4.69) is 4.98 Å². The van der Waals surface area contributed by atoms with Crippen LogP contribution >= 0.6 is 0 Å². The summed E-state index contributed by atoms with van der Waals surface area (Å²) >= 11 is 0. The van der Waals surface area contributed by atoms with Crippen LogP contribution in [0.2, 0.25) is 0 Å². The molecule has 0 aliphatic carbocycles. The number of aliphatic hydroxyl groups excluding tert-OH is 1. The lowest BCUT2D eigenvalue weighted by atomic mass is 10.1. The molecule has 0 aliphatic rings. The molecule has 7 heteroatoms. The van der Waals surface area contributed by atoms with E-state index in [9.17, 15) is 18.9 Å². The maximum Gasteiger partial charge on any atom is 0.369 e. The Bertz CT molecular complexity index is 396. The Kier molecular flexibility index (Phi) is 3.25.